The predicted molar refractivity (Wildman–Crippen MR) is 102 cm³/mol. The third-order valence-corrected chi connectivity index (χ3v) is 6.56. The van der Waals surface area contributed by atoms with Gasteiger partial charge < -0.3 is 4.90 Å². The molecule has 0 atom stereocenters. The number of rotatable bonds is 7. The summed E-state index contributed by atoms with van der Waals surface area (Å²) in [5.41, 5.74) is 1.44. The SMILES string of the molecule is CCCN(CCC)C(=O)CSc1ncnc2sc3c(c12)CCCC3. The second-order valence-corrected chi connectivity index (χ2v) is 8.29. The van der Waals surface area contributed by atoms with Crippen LogP contribution in [-0.4, -0.2) is 39.6 Å². The van der Waals surface area contributed by atoms with Crippen LogP contribution in [0.2, 0.25) is 0 Å². The van der Waals surface area contributed by atoms with Crippen molar-refractivity contribution in [1.29, 1.82) is 0 Å². The van der Waals surface area contributed by atoms with Gasteiger partial charge in [0.05, 0.1) is 5.75 Å². The highest BCUT2D eigenvalue weighted by molar-refractivity contribution is 8.00. The Morgan fingerprint density at radius 2 is 1.96 bits per heavy atom. The van der Waals surface area contributed by atoms with Gasteiger partial charge in [0, 0.05) is 23.4 Å². The number of fused-ring (bicyclic) bond motifs is 3. The number of aromatic nitrogens is 2. The quantitative estimate of drug-likeness (QED) is 0.543. The van der Waals surface area contributed by atoms with E-state index in [2.05, 4.69) is 23.8 Å². The Kier molecular flexibility index (Phi) is 6.11. The molecule has 0 bridgehead atoms. The number of carbonyl (C=O) groups is 1. The van der Waals surface area contributed by atoms with Crippen LogP contribution in [0.25, 0.3) is 10.2 Å². The molecule has 130 valence electrons. The fraction of sp³-hybridized carbons (Fsp3) is 0.611. The smallest absolute Gasteiger partial charge is 0.232 e. The fourth-order valence-electron chi connectivity index (χ4n) is 3.29. The lowest BCUT2D eigenvalue weighted by Gasteiger charge is -2.21. The van der Waals surface area contributed by atoms with E-state index in [0.29, 0.717) is 5.75 Å². The Balaban J connectivity index is 1.78. The van der Waals surface area contributed by atoms with Crippen LogP contribution in [0.1, 0.15) is 50.0 Å². The lowest BCUT2D eigenvalue weighted by molar-refractivity contribution is -0.128. The molecule has 0 aromatic carbocycles. The number of carbonyl (C=O) groups excluding carboxylic acids is 1. The standard InChI is InChI=1S/C18H25N3OS2/c1-3-9-21(10-4-2)15(22)11-23-17-16-13-7-5-6-8-14(13)24-18(16)20-12-19-17/h12H,3-11H2,1-2H3. The summed E-state index contributed by atoms with van der Waals surface area (Å²) in [6, 6.07) is 0. The average Bonchev–Trinajstić information content (AvgIpc) is 2.98. The zero-order valence-corrected chi connectivity index (χ0v) is 16.1. The van der Waals surface area contributed by atoms with Crippen molar-refractivity contribution in [3.63, 3.8) is 0 Å². The number of thiophene rings is 1. The molecule has 24 heavy (non-hydrogen) atoms. The van der Waals surface area contributed by atoms with Crippen LogP contribution in [0.15, 0.2) is 11.4 Å². The van der Waals surface area contributed by atoms with E-state index in [1.807, 2.05) is 16.2 Å². The Hall–Kier alpha value is -1.14. The molecule has 1 amide bonds. The third-order valence-electron chi connectivity index (χ3n) is 4.39. The summed E-state index contributed by atoms with van der Waals surface area (Å²) >= 11 is 3.39. The molecular weight excluding hydrogens is 338 g/mol. The second-order valence-electron chi connectivity index (χ2n) is 6.24. The molecule has 6 heteroatoms. The van der Waals surface area contributed by atoms with Crippen LogP contribution in [0.4, 0.5) is 0 Å². The summed E-state index contributed by atoms with van der Waals surface area (Å²) in [5.74, 6) is 0.691. The predicted octanol–water partition coefficient (Wildman–Crippen LogP) is 4.31. The molecule has 0 fully saturated rings. The highest BCUT2D eigenvalue weighted by atomic mass is 32.2. The molecule has 0 saturated heterocycles. The molecule has 0 radical (unpaired) electrons. The van der Waals surface area contributed by atoms with Crippen LogP contribution in [0.3, 0.4) is 0 Å². The Morgan fingerprint density at radius 1 is 1.21 bits per heavy atom. The van der Waals surface area contributed by atoms with Gasteiger partial charge in [-0.1, -0.05) is 25.6 Å². The van der Waals surface area contributed by atoms with Crippen molar-refractivity contribution in [2.24, 2.45) is 0 Å². The summed E-state index contributed by atoms with van der Waals surface area (Å²) in [7, 11) is 0. The first-order valence-corrected chi connectivity index (χ1v) is 10.7. The number of hydrogen-bond acceptors (Lipinski definition) is 5. The van der Waals surface area contributed by atoms with Crippen molar-refractivity contribution in [3.05, 3.63) is 16.8 Å². The van der Waals surface area contributed by atoms with E-state index < -0.39 is 0 Å². The second kappa shape index (κ2) is 8.30. The molecule has 4 nitrogen and oxygen atoms in total. The number of nitrogens with zero attached hydrogens (tertiary/aromatic N) is 3. The molecule has 2 aromatic rings. The van der Waals surface area contributed by atoms with Gasteiger partial charge in [0.25, 0.3) is 0 Å². The summed E-state index contributed by atoms with van der Waals surface area (Å²) in [6.45, 7) is 5.93. The van der Waals surface area contributed by atoms with Gasteiger partial charge in [0.2, 0.25) is 5.91 Å². The molecule has 0 N–H and O–H groups in total. The Labute approximate surface area is 152 Å². The number of hydrogen-bond donors (Lipinski definition) is 0. The van der Waals surface area contributed by atoms with Gasteiger partial charge in [0.1, 0.15) is 16.2 Å². The van der Waals surface area contributed by atoms with Crippen LogP contribution >= 0.6 is 23.1 Å². The van der Waals surface area contributed by atoms with Crippen molar-refractivity contribution in [2.75, 3.05) is 18.8 Å². The minimum atomic E-state index is 0.222. The van der Waals surface area contributed by atoms with Crippen LogP contribution in [-0.2, 0) is 17.6 Å². The minimum Gasteiger partial charge on any atom is -0.342 e. The first-order chi connectivity index (χ1) is 11.7. The minimum absolute atomic E-state index is 0.222. The van der Waals surface area contributed by atoms with Crippen LogP contribution < -0.4 is 0 Å². The summed E-state index contributed by atoms with van der Waals surface area (Å²) in [5, 5.41) is 2.20. The lowest BCUT2D eigenvalue weighted by atomic mass is 9.97. The van der Waals surface area contributed by atoms with E-state index in [1.54, 1.807) is 18.1 Å². The van der Waals surface area contributed by atoms with Gasteiger partial charge in [-0.15, -0.1) is 11.3 Å². The number of amides is 1. The normalized spacial score (nSPS) is 13.9. The Bertz CT molecular complexity index is 708. The van der Waals surface area contributed by atoms with Gasteiger partial charge in [-0.25, -0.2) is 9.97 Å². The zero-order chi connectivity index (χ0) is 16.9. The van der Waals surface area contributed by atoms with E-state index >= 15 is 0 Å². The van der Waals surface area contributed by atoms with Gasteiger partial charge in [-0.3, -0.25) is 4.79 Å². The van der Waals surface area contributed by atoms with E-state index in [-0.39, 0.29) is 5.91 Å². The van der Waals surface area contributed by atoms with Crippen molar-refractivity contribution < 1.29 is 4.79 Å². The monoisotopic (exact) mass is 363 g/mol. The van der Waals surface area contributed by atoms with Gasteiger partial charge in [0.15, 0.2) is 0 Å². The number of thioether (sulfide) groups is 1. The molecule has 1 aliphatic carbocycles. The van der Waals surface area contributed by atoms with Gasteiger partial charge >= 0.3 is 0 Å². The molecule has 0 spiro atoms. The lowest BCUT2D eigenvalue weighted by Crippen LogP contribution is -2.33. The van der Waals surface area contributed by atoms with E-state index in [4.69, 9.17) is 0 Å². The van der Waals surface area contributed by atoms with Crippen LogP contribution in [0.5, 0.6) is 0 Å². The molecule has 0 saturated carbocycles. The maximum atomic E-state index is 12.5. The zero-order valence-electron chi connectivity index (χ0n) is 14.5. The van der Waals surface area contributed by atoms with Crippen molar-refractivity contribution in [3.8, 4) is 0 Å². The van der Waals surface area contributed by atoms with Gasteiger partial charge in [-0.05, 0) is 44.1 Å². The third kappa shape index (κ3) is 3.75. The molecule has 0 aliphatic heterocycles. The molecule has 1 aliphatic rings. The first-order valence-electron chi connectivity index (χ1n) is 8.90. The highest BCUT2D eigenvalue weighted by Crippen LogP contribution is 2.39. The summed E-state index contributed by atoms with van der Waals surface area (Å²) in [6.07, 6.45) is 8.47. The van der Waals surface area contributed by atoms with Gasteiger partial charge in [-0.2, -0.15) is 0 Å². The Morgan fingerprint density at radius 3 is 2.71 bits per heavy atom. The van der Waals surface area contributed by atoms with E-state index in [0.717, 1.165) is 42.2 Å². The van der Waals surface area contributed by atoms with Crippen molar-refractivity contribution >= 4 is 39.2 Å². The van der Waals surface area contributed by atoms with Crippen LogP contribution in [0, 0.1) is 0 Å². The maximum absolute atomic E-state index is 12.5. The van der Waals surface area contributed by atoms with Crippen molar-refractivity contribution in [2.45, 2.75) is 57.4 Å². The molecule has 2 aromatic heterocycles. The summed E-state index contributed by atoms with van der Waals surface area (Å²) < 4.78 is 0. The molecule has 3 rings (SSSR count). The first kappa shape index (κ1) is 17.7. The topological polar surface area (TPSA) is 46.1 Å². The van der Waals surface area contributed by atoms with E-state index in [1.165, 1.54) is 35.1 Å². The largest absolute Gasteiger partial charge is 0.342 e. The molecule has 0 unspecified atom stereocenters. The molecule has 2 heterocycles. The molecular formula is C18H25N3OS2. The average molecular weight is 364 g/mol. The maximum Gasteiger partial charge on any atom is 0.232 e. The summed E-state index contributed by atoms with van der Waals surface area (Å²) in [4.78, 5) is 26.0. The number of aryl methyl sites for hydroxylation is 2. The van der Waals surface area contributed by atoms with E-state index in [9.17, 15) is 4.79 Å². The fourth-order valence-corrected chi connectivity index (χ4v) is 5.52. The van der Waals surface area contributed by atoms with Crippen molar-refractivity contribution in [1.82, 2.24) is 14.9 Å². The highest BCUT2D eigenvalue weighted by Gasteiger charge is 2.21.